The highest BCUT2D eigenvalue weighted by molar-refractivity contribution is 6.22. The van der Waals surface area contributed by atoms with Crippen LogP contribution in [0.15, 0.2) is 60.9 Å². The van der Waals surface area contributed by atoms with Crippen molar-refractivity contribution in [2.75, 3.05) is 0 Å². The van der Waals surface area contributed by atoms with Gasteiger partial charge in [-0.25, -0.2) is 19.6 Å². The van der Waals surface area contributed by atoms with E-state index < -0.39 is 63.8 Å². The third kappa shape index (κ3) is 5.32. The van der Waals surface area contributed by atoms with E-state index in [9.17, 15) is 35.5 Å². The van der Waals surface area contributed by atoms with Crippen LogP contribution in [0.1, 0.15) is 16.7 Å². The number of amides is 1. The summed E-state index contributed by atoms with van der Waals surface area (Å²) in [5.41, 5.74) is 1.51. The van der Waals surface area contributed by atoms with Crippen LogP contribution in [0.3, 0.4) is 0 Å². The molecule has 2 aromatic heterocycles. The predicted molar refractivity (Wildman–Crippen MR) is 116 cm³/mol. The van der Waals surface area contributed by atoms with Crippen LogP contribution in [-0.2, 0) is 17.1 Å². The third-order valence-electron chi connectivity index (χ3n) is 5.03. The maximum absolute atomic E-state index is 13.8. The molecule has 7 nitrogen and oxygen atoms in total. The van der Waals surface area contributed by atoms with E-state index in [1.165, 1.54) is 12.1 Å². The zero-order valence-electron chi connectivity index (χ0n) is 18.2. The number of benzene rings is 2. The van der Waals surface area contributed by atoms with Crippen molar-refractivity contribution in [3.8, 4) is 22.8 Å². The lowest BCUT2D eigenvalue weighted by molar-refractivity contribution is -0.137. The van der Waals surface area contributed by atoms with Crippen LogP contribution in [0.2, 0.25) is 0 Å². The largest absolute Gasteiger partial charge is 0.417 e. The van der Waals surface area contributed by atoms with Crippen LogP contribution < -0.4 is 5.73 Å². The SMILES string of the molecule is NC(=O)/C(=C/n1nc(-c2ccccc2C(F)(F)F)nc1-c1ccccc1C(F)(F)F)c1cnc(F)nc1. The Labute approximate surface area is 203 Å². The Bertz CT molecular complexity index is 1490. The number of carbonyl (C=O) groups is 1. The molecule has 0 aliphatic carbocycles. The second-order valence-electron chi connectivity index (χ2n) is 7.44. The Kier molecular flexibility index (Phi) is 6.50. The number of hydrogen-bond donors (Lipinski definition) is 1. The maximum Gasteiger partial charge on any atom is 0.417 e. The van der Waals surface area contributed by atoms with Gasteiger partial charge in [0.1, 0.15) is 0 Å². The Morgan fingerprint density at radius 3 is 1.89 bits per heavy atom. The van der Waals surface area contributed by atoms with Crippen LogP contribution in [0.4, 0.5) is 30.7 Å². The molecular weight excluding hydrogens is 509 g/mol. The zero-order chi connectivity index (χ0) is 27.0. The summed E-state index contributed by atoms with van der Waals surface area (Å²) < 4.78 is 96.0. The van der Waals surface area contributed by atoms with Gasteiger partial charge in [0.15, 0.2) is 11.6 Å². The van der Waals surface area contributed by atoms with Gasteiger partial charge >= 0.3 is 18.4 Å². The first kappa shape index (κ1) is 25.5. The number of halogens is 7. The third-order valence-corrected chi connectivity index (χ3v) is 5.03. The standard InChI is InChI=1S/C23H13F7N6O/c24-21-32-9-12(10-33-21)15(18(31)37)11-36-20(14-6-2-4-8-17(14)23(28,29)30)34-19(35-36)13-5-1-3-7-16(13)22(25,26)27/h1-11H,(H2,31,37)/b15-11+. The van der Waals surface area contributed by atoms with Crippen LogP contribution in [-0.4, -0.2) is 30.6 Å². The Morgan fingerprint density at radius 1 is 0.838 bits per heavy atom. The molecule has 0 aliphatic rings. The molecule has 2 heterocycles. The van der Waals surface area contributed by atoms with Gasteiger partial charge in [-0.15, -0.1) is 5.10 Å². The maximum atomic E-state index is 13.8. The number of carbonyl (C=O) groups excluding carboxylic acids is 1. The molecule has 0 spiro atoms. The van der Waals surface area contributed by atoms with Crippen molar-refractivity contribution in [1.82, 2.24) is 24.7 Å². The minimum absolute atomic E-state index is 0.128. The van der Waals surface area contributed by atoms with Crippen molar-refractivity contribution < 1.29 is 35.5 Å². The molecule has 0 saturated heterocycles. The summed E-state index contributed by atoms with van der Waals surface area (Å²) in [6.07, 6.45) is -8.18. The van der Waals surface area contributed by atoms with E-state index >= 15 is 0 Å². The quantitative estimate of drug-likeness (QED) is 0.224. The topological polar surface area (TPSA) is 99.6 Å². The first-order chi connectivity index (χ1) is 17.4. The average molecular weight is 522 g/mol. The summed E-state index contributed by atoms with van der Waals surface area (Å²) in [5.74, 6) is -2.24. The van der Waals surface area contributed by atoms with Gasteiger partial charge in [-0.1, -0.05) is 36.4 Å². The van der Waals surface area contributed by atoms with E-state index in [0.29, 0.717) is 4.68 Å². The highest BCUT2D eigenvalue weighted by Crippen LogP contribution is 2.39. The van der Waals surface area contributed by atoms with E-state index in [2.05, 4.69) is 20.1 Å². The van der Waals surface area contributed by atoms with Crippen molar-refractivity contribution in [1.29, 1.82) is 0 Å². The van der Waals surface area contributed by atoms with Crippen molar-refractivity contribution in [3.63, 3.8) is 0 Å². The molecule has 0 unspecified atom stereocenters. The molecule has 4 aromatic rings. The molecule has 0 fully saturated rings. The van der Waals surface area contributed by atoms with Gasteiger partial charge < -0.3 is 5.73 Å². The molecule has 0 atom stereocenters. The lowest BCUT2D eigenvalue weighted by Gasteiger charge is -2.12. The fourth-order valence-electron chi connectivity index (χ4n) is 3.42. The number of alkyl halides is 6. The van der Waals surface area contributed by atoms with Crippen molar-refractivity contribution in [3.05, 3.63) is 83.7 Å². The summed E-state index contributed by atoms with van der Waals surface area (Å²) >= 11 is 0. The molecule has 37 heavy (non-hydrogen) atoms. The molecule has 0 aliphatic heterocycles. The Morgan fingerprint density at radius 2 is 1.35 bits per heavy atom. The molecule has 0 saturated carbocycles. The molecule has 0 bridgehead atoms. The number of nitrogens with zero attached hydrogens (tertiary/aromatic N) is 5. The number of aromatic nitrogens is 5. The summed E-state index contributed by atoms with van der Waals surface area (Å²) in [6, 6.07) is 8.39. The predicted octanol–water partition coefficient (Wildman–Crippen LogP) is 5.06. The van der Waals surface area contributed by atoms with E-state index in [-0.39, 0.29) is 5.56 Å². The number of rotatable bonds is 5. The lowest BCUT2D eigenvalue weighted by atomic mass is 10.1. The van der Waals surface area contributed by atoms with Gasteiger partial charge in [0.2, 0.25) is 0 Å². The molecule has 4 rings (SSSR count). The average Bonchev–Trinajstić information content (AvgIpc) is 3.26. The van der Waals surface area contributed by atoms with Gasteiger partial charge in [-0.05, 0) is 12.1 Å². The van der Waals surface area contributed by atoms with Gasteiger partial charge in [0.25, 0.3) is 5.91 Å². The van der Waals surface area contributed by atoms with Gasteiger partial charge in [-0.3, -0.25) is 4.79 Å². The van der Waals surface area contributed by atoms with Gasteiger partial charge in [0, 0.05) is 35.3 Å². The van der Waals surface area contributed by atoms with Crippen LogP contribution in [0, 0.1) is 6.08 Å². The smallest absolute Gasteiger partial charge is 0.366 e. The molecule has 0 radical (unpaired) electrons. The van der Waals surface area contributed by atoms with E-state index in [1.54, 1.807) is 0 Å². The minimum atomic E-state index is -4.86. The Hall–Kier alpha value is -4.62. The number of nitrogens with two attached hydrogens (primary N) is 1. The van der Waals surface area contributed by atoms with Crippen molar-refractivity contribution >= 4 is 17.7 Å². The summed E-state index contributed by atoms with van der Waals surface area (Å²) in [7, 11) is 0. The molecular formula is C23H13F7N6O. The number of primary amides is 1. The first-order valence-electron chi connectivity index (χ1n) is 10.2. The molecule has 2 aromatic carbocycles. The van der Waals surface area contributed by atoms with Crippen LogP contribution in [0.5, 0.6) is 0 Å². The fourth-order valence-corrected chi connectivity index (χ4v) is 3.42. The van der Waals surface area contributed by atoms with Crippen LogP contribution in [0.25, 0.3) is 34.5 Å². The minimum Gasteiger partial charge on any atom is -0.366 e. The van der Waals surface area contributed by atoms with E-state index in [1.807, 2.05) is 0 Å². The molecule has 190 valence electrons. The van der Waals surface area contributed by atoms with Gasteiger partial charge in [-0.2, -0.15) is 30.7 Å². The van der Waals surface area contributed by atoms with Crippen molar-refractivity contribution in [2.45, 2.75) is 12.4 Å². The summed E-state index contributed by atoms with van der Waals surface area (Å²) in [5, 5.41) is 3.96. The van der Waals surface area contributed by atoms with Crippen LogP contribution >= 0.6 is 0 Å². The molecule has 2 N–H and O–H groups in total. The molecule has 1 amide bonds. The highest BCUT2D eigenvalue weighted by Gasteiger charge is 2.37. The molecule has 14 heteroatoms. The van der Waals surface area contributed by atoms with Crippen molar-refractivity contribution in [2.24, 2.45) is 5.73 Å². The number of hydrogen-bond acceptors (Lipinski definition) is 5. The highest BCUT2D eigenvalue weighted by atomic mass is 19.4. The second-order valence-corrected chi connectivity index (χ2v) is 7.44. The lowest BCUT2D eigenvalue weighted by Crippen LogP contribution is -2.15. The first-order valence-corrected chi connectivity index (χ1v) is 10.2. The fraction of sp³-hybridized carbons (Fsp3) is 0.0870. The van der Waals surface area contributed by atoms with E-state index in [4.69, 9.17) is 5.73 Å². The second kappa shape index (κ2) is 9.44. The summed E-state index contributed by atoms with van der Waals surface area (Å²) in [6.45, 7) is 0. The normalized spacial score (nSPS) is 12.6. The van der Waals surface area contributed by atoms with Gasteiger partial charge in [0.05, 0.1) is 16.7 Å². The zero-order valence-corrected chi connectivity index (χ0v) is 18.2. The summed E-state index contributed by atoms with van der Waals surface area (Å²) in [4.78, 5) is 22.7. The monoisotopic (exact) mass is 522 g/mol. The Balaban J connectivity index is 2.02. The van der Waals surface area contributed by atoms with E-state index in [0.717, 1.165) is 55.0 Å².